The normalized spacial score (nSPS) is 11.1. The molecule has 0 aliphatic carbocycles. The van der Waals surface area contributed by atoms with Crippen LogP contribution in [0.15, 0.2) is 42.5 Å². The lowest BCUT2D eigenvalue weighted by atomic mass is 9.99. The van der Waals surface area contributed by atoms with E-state index in [1.165, 1.54) is 6.92 Å². The maximum Gasteiger partial charge on any atom is 0.161 e. The number of rotatable bonds is 1. The van der Waals surface area contributed by atoms with E-state index in [0.29, 0.717) is 15.6 Å². The first-order valence-corrected chi connectivity index (χ1v) is 6.65. The fraction of sp³-hybridized carbons (Fsp3) is 0.0625. The highest BCUT2D eigenvalue weighted by Gasteiger charge is 2.13. The van der Waals surface area contributed by atoms with Gasteiger partial charge in [-0.2, -0.15) is 0 Å². The molecule has 0 N–H and O–H groups in total. The van der Waals surface area contributed by atoms with Gasteiger partial charge in [0.1, 0.15) is 0 Å². The predicted octanol–water partition coefficient (Wildman–Crippen LogP) is 5.50. The molecule has 3 rings (SSSR count). The summed E-state index contributed by atoms with van der Waals surface area (Å²) in [6.07, 6.45) is 0. The van der Waals surface area contributed by atoms with E-state index in [1.807, 2.05) is 36.4 Å². The minimum atomic E-state index is -0.0591. The third kappa shape index (κ3) is 1.90. The molecule has 0 saturated heterocycles. The lowest BCUT2D eigenvalue weighted by Crippen LogP contribution is -1.94. The van der Waals surface area contributed by atoms with Gasteiger partial charge >= 0.3 is 0 Å². The Labute approximate surface area is 120 Å². The zero-order valence-electron chi connectivity index (χ0n) is 10.2. The van der Waals surface area contributed by atoms with Crippen molar-refractivity contribution >= 4 is 50.5 Å². The van der Waals surface area contributed by atoms with Gasteiger partial charge in [0.05, 0.1) is 10.0 Å². The van der Waals surface area contributed by atoms with E-state index in [-0.39, 0.29) is 5.78 Å². The van der Waals surface area contributed by atoms with Crippen LogP contribution in [-0.4, -0.2) is 5.78 Å². The van der Waals surface area contributed by atoms with Crippen LogP contribution in [0.4, 0.5) is 0 Å². The van der Waals surface area contributed by atoms with Crippen LogP contribution in [0.25, 0.3) is 21.5 Å². The molecule has 0 aliphatic heterocycles. The summed E-state index contributed by atoms with van der Waals surface area (Å²) >= 11 is 12.7. The largest absolute Gasteiger partial charge is 0.294 e. The fourth-order valence-electron chi connectivity index (χ4n) is 2.38. The summed E-state index contributed by atoms with van der Waals surface area (Å²) in [6, 6.07) is 13.5. The van der Waals surface area contributed by atoms with Crippen LogP contribution in [0.2, 0.25) is 10.0 Å². The Bertz CT molecular complexity index is 822. The van der Waals surface area contributed by atoms with Crippen molar-refractivity contribution in [2.75, 3.05) is 0 Å². The van der Waals surface area contributed by atoms with Gasteiger partial charge in [-0.05, 0) is 35.2 Å². The van der Waals surface area contributed by atoms with Crippen molar-refractivity contribution in [3.8, 4) is 0 Å². The van der Waals surface area contributed by atoms with Gasteiger partial charge < -0.3 is 0 Å². The molecule has 3 aromatic carbocycles. The number of carbonyl (C=O) groups is 1. The molecule has 1 nitrogen and oxygen atoms in total. The van der Waals surface area contributed by atoms with Gasteiger partial charge in [0.2, 0.25) is 0 Å². The molecule has 0 aliphatic rings. The average Bonchev–Trinajstić information content (AvgIpc) is 2.38. The summed E-state index contributed by atoms with van der Waals surface area (Å²) in [6.45, 7) is 1.50. The van der Waals surface area contributed by atoms with Crippen molar-refractivity contribution < 1.29 is 4.79 Å². The molecule has 3 heteroatoms. The third-order valence-corrected chi connectivity index (χ3v) is 3.98. The molecule has 3 aromatic rings. The van der Waals surface area contributed by atoms with Gasteiger partial charge in [0.25, 0.3) is 0 Å². The van der Waals surface area contributed by atoms with E-state index in [0.717, 1.165) is 21.5 Å². The Morgan fingerprint density at radius 1 is 1.00 bits per heavy atom. The van der Waals surface area contributed by atoms with Gasteiger partial charge in [0, 0.05) is 10.9 Å². The van der Waals surface area contributed by atoms with E-state index in [2.05, 4.69) is 0 Å². The Balaban J connectivity index is 2.55. The first-order valence-electron chi connectivity index (χ1n) is 5.90. The molecule has 19 heavy (non-hydrogen) atoms. The molecule has 0 unspecified atom stereocenters. The van der Waals surface area contributed by atoms with Crippen LogP contribution < -0.4 is 0 Å². The topological polar surface area (TPSA) is 17.1 Å². The predicted molar refractivity (Wildman–Crippen MR) is 81.5 cm³/mol. The van der Waals surface area contributed by atoms with Crippen molar-refractivity contribution in [2.45, 2.75) is 6.92 Å². The molecule has 0 radical (unpaired) electrons. The number of benzene rings is 3. The standard InChI is InChI=1S/C16H10Cl2O/c1-9(19)11-6-7-13-12-5-3-2-4-10(12)8-14(17)15(13)16(11)18/h2-8H,1H3. The molecule has 0 atom stereocenters. The average molecular weight is 289 g/mol. The van der Waals surface area contributed by atoms with Crippen LogP contribution in [0, 0.1) is 0 Å². The summed E-state index contributed by atoms with van der Waals surface area (Å²) in [5, 5.41) is 4.86. The number of hydrogen-bond donors (Lipinski definition) is 0. The van der Waals surface area contributed by atoms with E-state index >= 15 is 0 Å². The molecule has 0 amide bonds. The molecule has 0 bridgehead atoms. The molecular weight excluding hydrogens is 279 g/mol. The first-order chi connectivity index (χ1) is 9.09. The van der Waals surface area contributed by atoms with Gasteiger partial charge in [-0.15, -0.1) is 0 Å². The third-order valence-electron chi connectivity index (χ3n) is 3.29. The van der Waals surface area contributed by atoms with Crippen molar-refractivity contribution in [1.29, 1.82) is 0 Å². The fourth-order valence-corrected chi connectivity index (χ4v) is 3.14. The Hall–Kier alpha value is -1.57. The van der Waals surface area contributed by atoms with Gasteiger partial charge in [-0.3, -0.25) is 4.79 Å². The van der Waals surface area contributed by atoms with E-state index in [1.54, 1.807) is 6.07 Å². The molecule has 0 spiro atoms. The van der Waals surface area contributed by atoms with Crippen LogP contribution >= 0.6 is 23.2 Å². The van der Waals surface area contributed by atoms with Gasteiger partial charge in [-0.25, -0.2) is 0 Å². The zero-order valence-corrected chi connectivity index (χ0v) is 11.7. The lowest BCUT2D eigenvalue weighted by Gasteiger charge is -2.10. The monoisotopic (exact) mass is 288 g/mol. The van der Waals surface area contributed by atoms with Crippen LogP contribution in [-0.2, 0) is 0 Å². The molecular formula is C16H10Cl2O. The number of halogens is 2. The van der Waals surface area contributed by atoms with Crippen molar-refractivity contribution in [3.63, 3.8) is 0 Å². The molecule has 0 saturated carbocycles. The Morgan fingerprint density at radius 3 is 2.47 bits per heavy atom. The number of ketones is 1. The quantitative estimate of drug-likeness (QED) is 0.427. The highest BCUT2D eigenvalue weighted by molar-refractivity contribution is 6.45. The summed E-state index contributed by atoms with van der Waals surface area (Å²) in [4.78, 5) is 11.6. The molecule has 0 aromatic heterocycles. The molecule has 94 valence electrons. The Morgan fingerprint density at radius 2 is 1.74 bits per heavy atom. The molecule has 0 heterocycles. The smallest absolute Gasteiger partial charge is 0.161 e. The van der Waals surface area contributed by atoms with Crippen molar-refractivity contribution in [2.24, 2.45) is 0 Å². The van der Waals surface area contributed by atoms with E-state index < -0.39 is 0 Å². The maximum absolute atomic E-state index is 11.6. The zero-order chi connectivity index (χ0) is 13.6. The van der Waals surface area contributed by atoms with Crippen LogP contribution in [0.1, 0.15) is 17.3 Å². The number of carbonyl (C=O) groups excluding carboxylic acids is 1. The second-order valence-electron chi connectivity index (χ2n) is 4.49. The van der Waals surface area contributed by atoms with Crippen LogP contribution in [0.5, 0.6) is 0 Å². The van der Waals surface area contributed by atoms with Crippen LogP contribution in [0.3, 0.4) is 0 Å². The summed E-state index contributed by atoms with van der Waals surface area (Å²) in [7, 11) is 0. The number of fused-ring (bicyclic) bond motifs is 3. The highest BCUT2D eigenvalue weighted by Crippen LogP contribution is 2.37. The lowest BCUT2D eigenvalue weighted by molar-refractivity contribution is 0.101. The van der Waals surface area contributed by atoms with Gasteiger partial charge in [-0.1, -0.05) is 53.5 Å². The SMILES string of the molecule is CC(=O)c1ccc2c(c(Cl)cc3ccccc32)c1Cl. The second-order valence-corrected chi connectivity index (χ2v) is 5.27. The van der Waals surface area contributed by atoms with Crippen molar-refractivity contribution in [3.05, 3.63) is 58.1 Å². The minimum absolute atomic E-state index is 0.0591. The summed E-state index contributed by atoms with van der Waals surface area (Å²) in [5.74, 6) is -0.0591. The molecule has 0 fully saturated rings. The maximum atomic E-state index is 11.6. The summed E-state index contributed by atoms with van der Waals surface area (Å²) < 4.78 is 0. The number of Topliss-reactive ketones (excluding diaryl/α,β-unsaturated/α-hetero) is 1. The second kappa shape index (κ2) is 4.52. The van der Waals surface area contributed by atoms with Crippen molar-refractivity contribution in [1.82, 2.24) is 0 Å². The van der Waals surface area contributed by atoms with E-state index in [4.69, 9.17) is 23.2 Å². The van der Waals surface area contributed by atoms with E-state index in [9.17, 15) is 4.79 Å². The first kappa shape index (κ1) is 12.5. The van der Waals surface area contributed by atoms with Gasteiger partial charge in [0.15, 0.2) is 5.78 Å². The minimum Gasteiger partial charge on any atom is -0.294 e. The number of hydrogen-bond acceptors (Lipinski definition) is 1. The summed E-state index contributed by atoms with van der Waals surface area (Å²) in [5.41, 5.74) is 0.506. The highest BCUT2D eigenvalue weighted by atomic mass is 35.5. The Kier molecular flexibility index (Phi) is 2.96.